The van der Waals surface area contributed by atoms with Crippen molar-refractivity contribution in [1.82, 2.24) is 0 Å². The third kappa shape index (κ3) is 24.2. The molecular formula is C85H116O14. The summed E-state index contributed by atoms with van der Waals surface area (Å²) in [6.07, 6.45) is 18.5. The first kappa shape index (κ1) is 76.9. The van der Waals surface area contributed by atoms with Crippen LogP contribution in [0.25, 0.3) is 0 Å². The van der Waals surface area contributed by atoms with Crippen LogP contribution in [0.1, 0.15) is 227 Å². The highest BCUT2D eigenvalue weighted by molar-refractivity contribution is 5.94. The van der Waals surface area contributed by atoms with Crippen molar-refractivity contribution in [3.05, 3.63) is 186 Å². The van der Waals surface area contributed by atoms with Gasteiger partial charge < -0.3 is 52.8 Å². The average Bonchev–Trinajstić information content (AvgIpc) is 0.885. The van der Waals surface area contributed by atoms with Gasteiger partial charge in [0, 0.05) is 6.42 Å². The third-order valence-corrected chi connectivity index (χ3v) is 21.5. The van der Waals surface area contributed by atoms with Crippen molar-refractivity contribution < 1.29 is 67.2 Å². The molecule has 14 heteroatoms. The van der Waals surface area contributed by atoms with Crippen molar-refractivity contribution in [3.8, 4) is 5.75 Å². The number of benzene rings is 5. The molecule has 0 aromatic heterocycles. The molecule has 99 heavy (non-hydrogen) atoms. The maximum absolute atomic E-state index is 15.0. The molecule has 4 fully saturated rings. The molecular weight excluding hydrogens is 1240 g/mol. The highest BCUT2D eigenvalue weighted by Gasteiger charge is 2.45. The van der Waals surface area contributed by atoms with Crippen LogP contribution in [0.3, 0.4) is 0 Å². The van der Waals surface area contributed by atoms with Gasteiger partial charge in [-0.25, -0.2) is 4.79 Å². The SMILES string of the molecule is C=CC[C@H]1CCC[C@@H](CC[C@H](C)[C@@H](C[C@H](C[C@@H]2CCC[C@H](C(C)(C)C(=O)OCc3ccccc3)O2)OCc2ccccc2)OC(=O)c2c(O)cccc2CCC[C@H]2CCC[C@@H](CC[C@H](C)[C@H](O)C[C@H](C[C@@H]3CCC[C@H](C(C)(C)C(=O)OCc4ccccc4)O3)OCc3ccccc3)O2)O1. The van der Waals surface area contributed by atoms with Crippen molar-refractivity contribution in [2.24, 2.45) is 22.7 Å². The van der Waals surface area contributed by atoms with E-state index in [1.807, 2.05) is 137 Å². The number of phenols is 1. The van der Waals surface area contributed by atoms with Crippen molar-refractivity contribution in [1.29, 1.82) is 0 Å². The van der Waals surface area contributed by atoms with E-state index < -0.39 is 29.0 Å². The summed E-state index contributed by atoms with van der Waals surface area (Å²) in [5, 5.41) is 23.6. The lowest BCUT2D eigenvalue weighted by Gasteiger charge is -2.40. The third-order valence-electron chi connectivity index (χ3n) is 21.5. The number of carbonyl (C=O) groups is 3. The number of phenolic OH excluding ortho intramolecular Hbond substituents is 1. The van der Waals surface area contributed by atoms with E-state index >= 15 is 0 Å². The quantitative estimate of drug-likeness (QED) is 0.0217. The fraction of sp³-hybridized carbons (Fsp3) is 0.588. The number of aryl methyl sites for hydroxylation is 1. The number of carbonyl (C=O) groups excluding carboxylic acids is 3. The largest absolute Gasteiger partial charge is 0.507 e. The predicted molar refractivity (Wildman–Crippen MR) is 386 cm³/mol. The Bertz CT molecular complexity index is 3180. The van der Waals surface area contributed by atoms with E-state index in [0.717, 1.165) is 150 Å². The topological polar surface area (TPSA) is 175 Å². The molecule has 540 valence electrons. The van der Waals surface area contributed by atoms with E-state index in [0.29, 0.717) is 45.3 Å². The minimum Gasteiger partial charge on any atom is -0.507 e. The Morgan fingerprint density at radius 1 is 0.515 bits per heavy atom. The van der Waals surface area contributed by atoms with Crippen molar-refractivity contribution in [2.75, 3.05) is 0 Å². The van der Waals surface area contributed by atoms with E-state index in [-0.39, 0.29) is 109 Å². The number of hydrogen-bond acceptors (Lipinski definition) is 14. The van der Waals surface area contributed by atoms with Crippen molar-refractivity contribution >= 4 is 17.9 Å². The lowest BCUT2D eigenvalue weighted by molar-refractivity contribution is -0.176. The molecule has 0 radical (unpaired) electrons. The lowest BCUT2D eigenvalue weighted by atomic mass is 9.81. The predicted octanol–water partition coefficient (Wildman–Crippen LogP) is 18.0. The number of hydrogen-bond donors (Lipinski definition) is 2. The van der Waals surface area contributed by atoms with Gasteiger partial charge in [-0.3, -0.25) is 9.59 Å². The van der Waals surface area contributed by atoms with Crippen LogP contribution in [-0.4, -0.2) is 101 Å². The van der Waals surface area contributed by atoms with Gasteiger partial charge in [0.25, 0.3) is 0 Å². The van der Waals surface area contributed by atoms with Crippen LogP contribution in [0.5, 0.6) is 5.75 Å². The summed E-state index contributed by atoms with van der Waals surface area (Å²) in [6.45, 7) is 17.1. The van der Waals surface area contributed by atoms with Gasteiger partial charge in [-0.15, -0.1) is 6.58 Å². The van der Waals surface area contributed by atoms with Crippen molar-refractivity contribution in [2.45, 2.75) is 295 Å². The smallest absolute Gasteiger partial charge is 0.342 e. The number of ether oxygens (including phenoxy) is 9. The Hall–Kier alpha value is -6.23. The Labute approximate surface area is 591 Å². The van der Waals surface area contributed by atoms with Crippen LogP contribution in [0.15, 0.2) is 152 Å². The molecule has 0 bridgehead atoms. The molecule has 5 aromatic rings. The Morgan fingerprint density at radius 2 is 0.939 bits per heavy atom. The number of rotatable bonds is 38. The molecule has 4 heterocycles. The van der Waals surface area contributed by atoms with E-state index in [9.17, 15) is 24.6 Å². The number of aliphatic hydroxyl groups is 1. The van der Waals surface area contributed by atoms with Crippen molar-refractivity contribution in [3.63, 3.8) is 0 Å². The summed E-state index contributed by atoms with van der Waals surface area (Å²) < 4.78 is 59.0. The van der Waals surface area contributed by atoms with Crippen LogP contribution in [0.2, 0.25) is 0 Å². The first-order valence-corrected chi connectivity index (χ1v) is 37.6. The highest BCUT2D eigenvalue weighted by atomic mass is 16.6. The number of esters is 3. The van der Waals surface area contributed by atoms with Crippen LogP contribution in [0, 0.1) is 22.7 Å². The normalized spacial score (nSPS) is 23.3. The second-order valence-corrected chi connectivity index (χ2v) is 30.2. The van der Waals surface area contributed by atoms with Gasteiger partial charge in [-0.2, -0.15) is 0 Å². The molecule has 0 unspecified atom stereocenters. The molecule has 4 aliphatic heterocycles. The zero-order chi connectivity index (χ0) is 70.0. The molecule has 4 aliphatic rings. The number of aromatic hydroxyl groups is 1. The summed E-state index contributed by atoms with van der Waals surface area (Å²) in [4.78, 5) is 42.3. The summed E-state index contributed by atoms with van der Waals surface area (Å²) in [6, 6.07) is 45.0. The molecule has 0 saturated carbocycles. The van der Waals surface area contributed by atoms with E-state index in [1.165, 1.54) is 0 Å². The lowest BCUT2D eigenvalue weighted by Crippen LogP contribution is -2.45. The molecule has 5 aromatic carbocycles. The molecule has 14 nitrogen and oxygen atoms in total. The zero-order valence-corrected chi connectivity index (χ0v) is 60.2. The molecule has 0 spiro atoms. The first-order chi connectivity index (χ1) is 47.9. The van der Waals surface area contributed by atoms with E-state index in [1.54, 1.807) is 12.1 Å². The van der Waals surface area contributed by atoms with E-state index in [2.05, 4.69) is 44.7 Å². The minimum absolute atomic E-state index is 0.00337. The fourth-order valence-corrected chi connectivity index (χ4v) is 15.1. The van der Waals surface area contributed by atoms with Gasteiger partial charge in [-0.05, 0) is 221 Å². The second kappa shape index (κ2) is 39.3. The first-order valence-electron chi connectivity index (χ1n) is 37.6. The standard InChI is InChI=1S/C85H116O14/c1-8-27-67-39-23-41-70(95-67)51-49-61(3)77(55-74(92-57-63-30-15-10-16-31-63)53-72-44-26-47-79(98-72)85(6,7)83(90)94-59-65-34-19-12-20-35-65)99-81(88)80-66(37-22-45-75(80)86)36-21-38-68-40-24-42-69(96-68)50-48-60(2)76(87)54-73(91-56-62-28-13-9-14-29-62)52-71-43-25-46-78(97-71)84(4,5)82(89)93-58-64-32-17-11-18-33-64/h8-20,22,28-35,37,45,60-61,67-74,76-79,86-87H,1,21,23-27,36,38-44,46-59H2,2-7H3/t60-,61-,67-,68-,69-,70-,71-,72-,73-,74-,76+,77+,78+,79+/m0/s1. The summed E-state index contributed by atoms with van der Waals surface area (Å²) in [7, 11) is 0. The van der Waals surface area contributed by atoms with E-state index in [4.69, 9.17) is 42.6 Å². The van der Waals surface area contributed by atoms with Crippen LogP contribution in [0.4, 0.5) is 0 Å². The fourth-order valence-electron chi connectivity index (χ4n) is 15.1. The van der Waals surface area contributed by atoms with Gasteiger partial charge >= 0.3 is 17.9 Å². The Kier molecular flexibility index (Phi) is 30.5. The van der Waals surface area contributed by atoms with Crippen LogP contribution >= 0.6 is 0 Å². The monoisotopic (exact) mass is 1360 g/mol. The molecule has 9 rings (SSSR count). The summed E-state index contributed by atoms with van der Waals surface area (Å²) in [5.74, 6) is -1.33. The maximum atomic E-state index is 15.0. The van der Waals surface area contributed by atoms with Gasteiger partial charge in [0.05, 0.1) is 91.2 Å². The molecule has 4 saturated heterocycles. The summed E-state index contributed by atoms with van der Waals surface area (Å²) in [5.41, 5.74) is 3.16. The Morgan fingerprint density at radius 3 is 1.43 bits per heavy atom. The van der Waals surface area contributed by atoms with Gasteiger partial charge in [-0.1, -0.05) is 153 Å². The average molecular weight is 1360 g/mol. The highest BCUT2D eigenvalue weighted by Crippen LogP contribution is 2.40. The zero-order valence-electron chi connectivity index (χ0n) is 60.2. The van der Waals surface area contributed by atoms with Gasteiger partial charge in [0.2, 0.25) is 0 Å². The minimum atomic E-state index is -0.896. The summed E-state index contributed by atoms with van der Waals surface area (Å²) >= 11 is 0. The van der Waals surface area contributed by atoms with Gasteiger partial charge in [0.1, 0.15) is 30.6 Å². The second-order valence-electron chi connectivity index (χ2n) is 30.2. The maximum Gasteiger partial charge on any atom is 0.342 e. The van der Waals surface area contributed by atoms with Crippen LogP contribution in [-0.2, 0) is 85.1 Å². The Balaban J connectivity index is 0.806. The molecule has 2 N–H and O–H groups in total. The van der Waals surface area contributed by atoms with Gasteiger partial charge in [0.15, 0.2) is 0 Å². The number of aliphatic hydroxyl groups excluding tert-OH is 1. The molecule has 14 atom stereocenters. The molecule has 0 amide bonds. The molecule has 0 aliphatic carbocycles. The van der Waals surface area contributed by atoms with Crippen LogP contribution < -0.4 is 0 Å².